The average Bonchev–Trinajstić information content (AvgIpc) is 2.64. The number of H-pyrrole nitrogens is 1. The Bertz CT molecular complexity index is 553. The van der Waals surface area contributed by atoms with Crippen LogP contribution in [0.15, 0.2) is 24.3 Å². The zero-order valence-corrected chi connectivity index (χ0v) is 11.6. The number of para-hydroxylation sites is 2. The maximum atomic E-state index is 5.43. The molecular formula is C14H20N2S. The van der Waals surface area contributed by atoms with Gasteiger partial charge in [0.1, 0.15) is 0 Å². The summed E-state index contributed by atoms with van der Waals surface area (Å²) in [4.78, 5) is 3.28. The number of hydrogen-bond donors (Lipinski definition) is 1. The summed E-state index contributed by atoms with van der Waals surface area (Å²) in [6.45, 7) is 6.79. The summed E-state index contributed by atoms with van der Waals surface area (Å²) in [5, 5.41) is 0. The quantitative estimate of drug-likeness (QED) is 0.778. The Morgan fingerprint density at radius 3 is 2.71 bits per heavy atom. The molecule has 0 amide bonds. The minimum absolute atomic E-state index is 0.452. The molecule has 0 fully saturated rings. The Hall–Kier alpha value is -1.09. The third-order valence-electron chi connectivity index (χ3n) is 3.51. The van der Waals surface area contributed by atoms with Crippen LogP contribution in [0.3, 0.4) is 0 Å². The van der Waals surface area contributed by atoms with Crippen molar-refractivity contribution in [2.24, 2.45) is 5.92 Å². The van der Waals surface area contributed by atoms with E-state index in [9.17, 15) is 0 Å². The summed E-state index contributed by atoms with van der Waals surface area (Å²) >= 11 is 5.43. The number of fused-ring (bicyclic) bond motifs is 1. The number of aromatic amines is 1. The highest BCUT2D eigenvalue weighted by molar-refractivity contribution is 7.71. The molecule has 0 spiro atoms. The van der Waals surface area contributed by atoms with Gasteiger partial charge in [-0.2, -0.15) is 0 Å². The average molecular weight is 248 g/mol. The van der Waals surface area contributed by atoms with Gasteiger partial charge in [-0.15, -0.1) is 0 Å². The van der Waals surface area contributed by atoms with Gasteiger partial charge in [-0.3, -0.25) is 0 Å². The Kier molecular flexibility index (Phi) is 3.67. The first-order valence-corrected chi connectivity index (χ1v) is 6.73. The number of nitrogens with zero attached hydrogens (tertiary/aromatic N) is 1. The van der Waals surface area contributed by atoms with Gasteiger partial charge in [0.2, 0.25) is 0 Å². The molecule has 2 atom stereocenters. The fourth-order valence-corrected chi connectivity index (χ4v) is 2.75. The van der Waals surface area contributed by atoms with E-state index in [0.29, 0.717) is 6.04 Å². The zero-order valence-electron chi connectivity index (χ0n) is 10.7. The maximum Gasteiger partial charge on any atom is 0.178 e. The smallest absolute Gasteiger partial charge is 0.178 e. The van der Waals surface area contributed by atoms with Crippen molar-refractivity contribution in [3.8, 4) is 0 Å². The number of aromatic nitrogens is 2. The monoisotopic (exact) mass is 248 g/mol. The third-order valence-corrected chi connectivity index (χ3v) is 3.80. The fourth-order valence-electron chi connectivity index (χ4n) is 2.37. The molecule has 0 radical (unpaired) electrons. The van der Waals surface area contributed by atoms with Crippen LogP contribution in [0.2, 0.25) is 0 Å². The molecule has 1 heterocycles. The van der Waals surface area contributed by atoms with Crippen LogP contribution in [0.5, 0.6) is 0 Å². The van der Waals surface area contributed by atoms with E-state index in [2.05, 4.69) is 48.5 Å². The molecule has 0 aliphatic rings. The van der Waals surface area contributed by atoms with Crippen molar-refractivity contribution >= 4 is 23.3 Å². The molecule has 0 aliphatic heterocycles. The second kappa shape index (κ2) is 5.05. The van der Waals surface area contributed by atoms with Crippen molar-refractivity contribution in [3.63, 3.8) is 0 Å². The van der Waals surface area contributed by atoms with E-state index in [-0.39, 0.29) is 0 Å². The van der Waals surface area contributed by atoms with Crippen molar-refractivity contribution in [2.45, 2.75) is 39.7 Å². The molecule has 0 bridgehead atoms. The summed E-state index contributed by atoms with van der Waals surface area (Å²) in [5.41, 5.74) is 2.35. The van der Waals surface area contributed by atoms with Crippen LogP contribution in [-0.4, -0.2) is 9.55 Å². The highest BCUT2D eigenvalue weighted by Gasteiger charge is 2.13. The van der Waals surface area contributed by atoms with Gasteiger partial charge in [-0.1, -0.05) is 32.4 Å². The molecule has 1 aromatic heterocycles. The molecule has 17 heavy (non-hydrogen) atoms. The highest BCUT2D eigenvalue weighted by atomic mass is 32.1. The Balaban J connectivity index is 2.40. The molecule has 0 aliphatic carbocycles. The van der Waals surface area contributed by atoms with E-state index in [1.54, 1.807) is 0 Å². The zero-order chi connectivity index (χ0) is 12.4. The molecule has 2 rings (SSSR count). The minimum Gasteiger partial charge on any atom is -0.331 e. The van der Waals surface area contributed by atoms with Crippen molar-refractivity contribution in [1.29, 1.82) is 0 Å². The largest absolute Gasteiger partial charge is 0.331 e. The van der Waals surface area contributed by atoms with E-state index >= 15 is 0 Å². The lowest BCUT2D eigenvalue weighted by Gasteiger charge is -2.18. The van der Waals surface area contributed by atoms with Crippen LogP contribution < -0.4 is 0 Å². The summed E-state index contributed by atoms with van der Waals surface area (Å²) in [6.07, 6.45) is 2.40. The first-order valence-electron chi connectivity index (χ1n) is 6.32. The van der Waals surface area contributed by atoms with Gasteiger partial charge in [0.05, 0.1) is 11.0 Å². The molecule has 92 valence electrons. The second-order valence-corrected chi connectivity index (χ2v) is 5.30. The van der Waals surface area contributed by atoms with Crippen LogP contribution in [0.1, 0.15) is 39.7 Å². The summed E-state index contributed by atoms with van der Waals surface area (Å²) < 4.78 is 3.08. The van der Waals surface area contributed by atoms with E-state index in [1.165, 1.54) is 18.4 Å². The predicted molar refractivity (Wildman–Crippen MR) is 75.9 cm³/mol. The molecule has 2 nitrogen and oxygen atoms in total. The minimum atomic E-state index is 0.452. The number of benzene rings is 1. The molecule has 1 N–H and O–H groups in total. The number of hydrogen-bond acceptors (Lipinski definition) is 1. The van der Waals surface area contributed by atoms with Gasteiger partial charge in [0.25, 0.3) is 0 Å². The number of nitrogens with one attached hydrogen (secondary N) is 1. The van der Waals surface area contributed by atoms with E-state index in [1.807, 2.05) is 6.07 Å². The van der Waals surface area contributed by atoms with Gasteiger partial charge in [-0.25, -0.2) is 0 Å². The number of imidazole rings is 1. The van der Waals surface area contributed by atoms with Crippen molar-refractivity contribution < 1.29 is 0 Å². The van der Waals surface area contributed by atoms with Crippen molar-refractivity contribution in [1.82, 2.24) is 9.55 Å². The Labute approximate surface area is 108 Å². The van der Waals surface area contributed by atoms with Gasteiger partial charge < -0.3 is 9.55 Å². The van der Waals surface area contributed by atoms with E-state index < -0.39 is 0 Å². The lowest BCUT2D eigenvalue weighted by Crippen LogP contribution is -2.09. The summed E-state index contributed by atoms with van der Waals surface area (Å²) in [5.74, 6) is 0.737. The lowest BCUT2D eigenvalue weighted by atomic mass is 10.0. The molecule has 1 aromatic carbocycles. The van der Waals surface area contributed by atoms with E-state index in [0.717, 1.165) is 16.2 Å². The first kappa shape index (κ1) is 12.4. The summed E-state index contributed by atoms with van der Waals surface area (Å²) in [6, 6.07) is 8.77. The standard InChI is InChI=1S/C14H20N2S/c1-4-10(2)9-11(3)16-13-8-6-5-7-12(13)15-14(16)17/h5-8,10-11H,4,9H2,1-3H3,(H,15,17). The summed E-state index contributed by atoms with van der Waals surface area (Å²) in [7, 11) is 0. The van der Waals surface area contributed by atoms with Crippen LogP contribution in [-0.2, 0) is 0 Å². The van der Waals surface area contributed by atoms with Crippen LogP contribution >= 0.6 is 12.2 Å². The predicted octanol–water partition coefficient (Wildman–Crippen LogP) is 4.70. The molecule has 0 saturated heterocycles. The van der Waals surface area contributed by atoms with Crippen molar-refractivity contribution in [3.05, 3.63) is 29.0 Å². The highest BCUT2D eigenvalue weighted by Crippen LogP contribution is 2.24. The molecule has 3 heteroatoms. The Morgan fingerprint density at radius 1 is 1.29 bits per heavy atom. The lowest BCUT2D eigenvalue weighted by molar-refractivity contribution is 0.402. The van der Waals surface area contributed by atoms with Gasteiger partial charge in [0, 0.05) is 6.04 Å². The number of rotatable bonds is 4. The molecular weight excluding hydrogens is 228 g/mol. The SMILES string of the molecule is CCC(C)CC(C)n1c(=S)[nH]c2ccccc21. The Morgan fingerprint density at radius 2 is 2.00 bits per heavy atom. The van der Waals surface area contributed by atoms with Crippen LogP contribution in [0, 0.1) is 10.7 Å². The topological polar surface area (TPSA) is 20.7 Å². The van der Waals surface area contributed by atoms with Gasteiger partial charge >= 0.3 is 0 Å². The molecule has 2 aromatic rings. The molecule has 2 unspecified atom stereocenters. The van der Waals surface area contributed by atoms with E-state index in [4.69, 9.17) is 12.2 Å². The van der Waals surface area contributed by atoms with Crippen molar-refractivity contribution in [2.75, 3.05) is 0 Å². The molecule has 0 saturated carbocycles. The normalized spacial score (nSPS) is 15.0. The maximum absolute atomic E-state index is 5.43. The first-order chi connectivity index (χ1) is 8.13. The fraction of sp³-hybridized carbons (Fsp3) is 0.500. The van der Waals surface area contributed by atoms with Gasteiger partial charge in [0.15, 0.2) is 4.77 Å². The van der Waals surface area contributed by atoms with Crippen LogP contribution in [0.4, 0.5) is 0 Å². The third kappa shape index (κ3) is 2.44. The second-order valence-electron chi connectivity index (χ2n) is 4.92. The van der Waals surface area contributed by atoms with Gasteiger partial charge in [-0.05, 0) is 43.6 Å². The van der Waals surface area contributed by atoms with Crippen LogP contribution in [0.25, 0.3) is 11.0 Å².